The van der Waals surface area contributed by atoms with E-state index in [-0.39, 0.29) is 102 Å². The summed E-state index contributed by atoms with van der Waals surface area (Å²) in [5, 5.41) is 10.5. The van der Waals surface area contributed by atoms with Crippen molar-refractivity contribution < 1.29 is 76.8 Å². The molecule has 4 N–H and O–H groups in total. The predicted molar refractivity (Wildman–Crippen MR) is 335 cm³/mol. The maximum atomic E-state index is 14.1. The van der Waals surface area contributed by atoms with Gasteiger partial charge in [0.05, 0.1) is 44.8 Å². The molecule has 3 amide bonds. The number of aromatic nitrogens is 5. The van der Waals surface area contributed by atoms with Crippen LogP contribution in [0.15, 0.2) is 41.3 Å². The number of benzene rings is 1. The lowest BCUT2D eigenvalue weighted by atomic mass is 10.00. The molecule has 2 fully saturated rings. The minimum atomic E-state index is -3.74. The van der Waals surface area contributed by atoms with Crippen molar-refractivity contribution in [3.8, 4) is 11.1 Å². The smallest absolute Gasteiger partial charge is 0.410 e. The summed E-state index contributed by atoms with van der Waals surface area (Å²) in [7, 11) is -3.74. The van der Waals surface area contributed by atoms with Gasteiger partial charge in [0.2, 0.25) is 11.8 Å². The SMILES string of the molecule is CC(=O)c1nn(CC(=O)N2[C@H](C(=O)Nc3nc(Br)ccc3C)C[C@@]3(COS(C)(=O)=O)C[C@@H]23)c2c(C)cc(-c3cnc(C)nc3)cc12.CC(C)(C)OC(=O)CCCF.CC(C)(C)OC(=O)N(CCF)CCF.Cl.FCCI.FCCNCCF.NCCF. The number of hydrogen-bond donors (Lipinski definition) is 3. The summed E-state index contributed by atoms with van der Waals surface area (Å²) in [6.45, 7) is 14.2. The zero-order chi connectivity index (χ0) is 65.6. The molecule has 0 bridgehead atoms. The third-order valence-electron chi connectivity index (χ3n) is 11.7. The van der Waals surface area contributed by atoms with Crippen LogP contribution < -0.4 is 16.4 Å². The lowest BCUT2D eigenvalue weighted by Crippen LogP contribution is -2.47. The molecule has 3 aromatic heterocycles. The standard InChI is InChI=1S/C31H32BrN7O6S.C9H17F2NO2.C8H15FO2.C4H9F2N.C2H4FI.C2H6FN.ClH/c1-16-6-7-25(32)35-29(16)36-30(42)23-10-31(15-45-46(5,43)44)11-24(31)39(23)26(41)14-38-28-17(2)8-20(21-12-33-19(4)34-13-21)9-22(28)27(37-38)18(3)40;1-9(2,3)14-8(13)12(6-4-10)7-5-11;1-8(2,3)11-7(10)5-4-6-9;5-1-3-7-4-2-6;2*3-1-2-4;/h6-9,12-13,23-24H,10-11,14-15H2,1-5H3,(H,35,36,42);4-7H2,1-3H3;4-6H2,1-3H3;7H,1-4H2;1-2H2;1-2,4H2;1H/t23-,24+,31-;;;;;;/m0....../s1. The van der Waals surface area contributed by atoms with Crippen LogP contribution in [0.2, 0.25) is 0 Å². The highest BCUT2D eigenvalue weighted by Gasteiger charge is 2.67. The largest absolute Gasteiger partial charge is 0.460 e. The molecule has 1 aliphatic heterocycles. The highest BCUT2D eigenvalue weighted by molar-refractivity contribution is 14.1. The number of nitrogens with zero attached hydrogens (tertiary/aromatic N) is 7. The molecule has 6 rings (SSSR count). The quantitative estimate of drug-likeness (QED) is 0.00966. The van der Waals surface area contributed by atoms with E-state index in [0.29, 0.717) is 38.0 Å². The van der Waals surface area contributed by atoms with Crippen LogP contribution in [0.1, 0.15) is 102 Å². The number of aryl methyl sites for hydroxylation is 3. The van der Waals surface area contributed by atoms with Crippen LogP contribution in [0, 0.1) is 26.2 Å². The van der Waals surface area contributed by atoms with Crippen molar-refractivity contribution in [2.24, 2.45) is 11.1 Å². The Hall–Kier alpha value is -4.89. The molecule has 0 spiro atoms. The van der Waals surface area contributed by atoms with E-state index in [0.717, 1.165) is 33.4 Å². The average molecular weight is 1460 g/mol. The molecule has 1 aromatic carbocycles. The highest BCUT2D eigenvalue weighted by Crippen LogP contribution is 2.60. The zero-order valence-corrected chi connectivity index (χ0v) is 56.4. The van der Waals surface area contributed by atoms with Crippen molar-refractivity contribution in [1.82, 2.24) is 39.8 Å². The Labute approximate surface area is 533 Å². The zero-order valence-electron chi connectivity index (χ0n) is 51.1. The molecular formula is C56H84BrClF7IN10O10S. The van der Waals surface area contributed by atoms with Gasteiger partial charge >= 0.3 is 12.1 Å². The van der Waals surface area contributed by atoms with Crippen molar-refractivity contribution in [3.63, 3.8) is 0 Å². The van der Waals surface area contributed by atoms with Crippen LogP contribution in [-0.4, -0.2) is 193 Å². The number of Topliss-reactive ketones (excluding diaryl/α,β-unsaturated/α-hetero) is 1. The van der Waals surface area contributed by atoms with E-state index < -0.39 is 96.8 Å². The monoisotopic (exact) mass is 1460 g/mol. The third-order valence-corrected chi connectivity index (χ3v) is 13.1. The fourth-order valence-corrected chi connectivity index (χ4v) is 8.74. The third kappa shape index (κ3) is 30.5. The number of carbonyl (C=O) groups is 5. The minimum Gasteiger partial charge on any atom is -0.460 e. The molecule has 1 aliphatic carbocycles. The molecule has 1 saturated heterocycles. The fourth-order valence-electron chi connectivity index (χ4n) is 7.98. The minimum absolute atomic E-state index is 0. The first kappa shape index (κ1) is 82.1. The first-order chi connectivity index (χ1) is 40.3. The predicted octanol–water partition coefficient (Wildman–Crippen LogP) is 10.2. The molecule has 1 saturated carbocycles. The lowest BCUT2D eigenvalue weighted by molar-refractivity contribution is -0.155. The van der Waals surface area contributed by atoms with Crippen LogP contribution in [-0.2, 0) is 44.7 Å². The van der Waals surface area contributed by atoms with Gasteiger partial charge in [-0.3, -0.25) is 36.8 Å². The molecule has 4 heterocycles. The van der Waals surface area contributed by atoms with Crippen LogP contribution >= 0.6 is 50.9 Å². The maximum Gasteiger partial charge on any atom is 0.410 e. The molecule has 3 atom stereocenters. The average Bonchev–Trinajstić information content (AvgIpc) is 1.54. The summed E-state index contributed by atoms with van der Waals surface area (Å²) in [6.07, 6.45) is 4.87. The van der Waals surface area contributed by atoms with Gasteiger partial charge in [0, 0.05) is 72.2 Å². The van der Waals surface area contributed by atoms with E-state index in [9.17, 15) is 63.1 Å². The number of halogens is 10. The van der Waals surface area contributed by atoms with Crippen LogP contribution in [0.25, 0.3) is 22.0 Å². The van der Waals surface area contributed by atoms with Gasteiger partial charge in [-0.15, -0.1) is 12.4 Å². The number of hydrogen-bond acceptors (Lipinski definition) is 16. The molecule has 0 unspecified atom stereocenters. The van der Waals surface area contributed by atoms with E-state index in [1.807, 2.05) is 41.6 Å². The van der Waals surface area contributed by atoms with E-state index in [4.69, 9.17) is 13.7 Å². The van der Waals surface area contributed by atoms with E-state index >= 15 is 0 Å². The molecule has 2 aliphatic rings. The number of ether oxygens (including phenoxy) is 2. The summed E-state index contributed by atoms with van der Waals surface area (Å²) in [5.74, 6) is -0.431. The Morgan fingerprint density at radius 2 is 1.39 bits per heavy atom. The second-order valence-corrected chi connectivity index (χ2v) is 24.9. The summed E-state index contributed by atoms with van der Waals surface area (Å²) in [6, 6.07) is 6.02. The number of likely N-dealkylation sites (tertiary alicyclic amines) is 1. The number of ketones is 1. The molecule has 4 aromatic rings. The van der Waals surface area contributed by atoms with Crippen LogP contribution in [0.3, 0.4) is 0 Å². The van der Waals surface area contributed by atoms with Crippen molar-refractivity contribution in [1.29, 1.82) is 0 Å². The first-order valence-corrected chi connectivity index (χ1v) is 31.4. The van der Waals surface area contributed by atoms with Crippen molar-refractivity contribution >= 4 is 107 Å². The number of fused-ring (bicyclic) bond motifs is 2. The van der Waals surface area contributed by atoms with E-state index in [1.165, 1.54) is 16.5 Å². The number of amides is 3. The second-order valence-electron chi connectivity index (χ2n) is 21.3. The van der Waals surface area contributed by atoms with E-state index in [2.05, 4.69) is 52.3 Å². The lowest BCUT2D eigenvalue weighted by Gasteiger charge is -2.27. The Balaban J connectivity index is 0.00000146. The van der Waals surface area contributed by atoms with Gasteiger partial charge in [0.15, 0.2) is 5.78 Å². The maximum absolute atomic E-state index is 14.1. The van der Waals surface area contributed by atoms with Crippen LogP contribution in [0.5, 0.6) is 0 Å². The summed E-state index contributed by atoms with van der Waals surface area (Å²) in [4.78, 5) is 78.2. The number of anilines is 1. The number of pyridine rings is 1. The van der Waals surface area contributed by atoms with E-state index in [1.54, 1.807) is 79.9 Å². The van der Waals surface area contributed by atoms with Gasteiger partial charge in [-0.05, 0) is 132 Å². The molecule has 20 nitrogen and oxygen atoms in total. The summed E-state index contributed by atoms with van der Waals surface area (Å²) >= 11 is 5.30. The molecule has 494 valence electrons. The molecular weight excluding hydrogens is 1380 g/mol. The van der Waals surface area contributed by atoms with Gasteiger partial charge < -0.3 is 35.6 Å². The normalized spacial score (nSPS) is 15.5. The number of piperidine rings is 1. The van der Waals surface area contributed by atoms with Gasteiger partial charge in [-0.1, -0.05) is 28.7 Å². The molecule has 31 heteroatoms. The Kier molecular flexibility index (Phi) is 38.4. The fraction of sp³-hybridized carbons (Fsp3) is 0.625. The molecule has 87 heavy (non-hydrogen) atoms. The highest BCUT2D eigenvalue weighted by atomic mass is 127. The number of alkyl halides is 8. The van der Waals surface area contributed by atoms with Crippen LogP contribution in [0.4, 0.5) is 41.3 Å². The van der Waals surface area contributed by atoms with Gasteiger partial charge in [0.25, 0.3) is 10.1 Å². The number of rotatable bonds is 22. The first-order valence-electron chi connectivity index (χ1n) is 27.3. The number of nitrogens with one attached hydrogen (secondary N) is 2. The topological polar surface area (TPSA) is 260 Å². The number of nitrogens with two attached hydrogens (primary N) is 1. The molecule has 0 radical (unpaired) electrons. The number of esters is 1. The van der Waals surface area contributed by atoms with Crippen molar-refractivity contribution in [2.75, 3.05) is 102 Å². The summed E-state index contributed by atoms with van der Waals surface area (Å²) < 4.78 is 121. The van der Waals surface area contributed by atoms with Crippen molar-refractivity contribution in [2.45, 2.75) is 125 Å². The van der Waals surface area contributed by atoms with Gasteiger partial charge in [-0.2, -0.15) is 13.5 Å². The van der Waals surface area contributed by atoms with Gasteiger partial charge in [-0.25, -0.2) is 41.7 Å². The van der Waals surface area contributed by atoms with Gasteiger partial charge in [0.1, 0.15) is 79.1 Å². The number of carbonyl (C=O) groups excluding carboxylic acids is 5. The van der Waals surface area contributed by atoms with Crippen molar-refractivity contribution in [3.05, 3.63) is 63.9 Å². The second kappa shape index (κ2) is 40.7. The Morgan fingerprint density at radius 1 is 0.828 bits per heavy atom. The Bertz CT molecular complexity index is 2860. The Morgan fingerprint density at radius 3 is 1.86 bits per heavy atom. The summed E-state index contributed by atoms with van der Waals surface area (Å²) in [5.41, 5.74) is 6.82.